The fourth-order valence-electron chi connectivity index (χ4n) is 0.725. The number of aldehydes is 1. The van der Waals surface area contributed by atoms with Crippen LogP contribution in [0.1, 0.15) is 16.2 Å². The van der Waals surface area contributed by atoms with E-state index in [1.165, 1.54) is 6.20 Å². The second-order valence-corrected chi connectivity index (χ2v) is 2.09. The summed E-state index contributed by atoms with van der Waals surface area (Å²) in [5, 5.41) is 0. The minimum absolute atomic E-state index is 0.306. The topological polar surface area (TPSA) is 81.2 Å². The van der Waals surface area contributed by atoms with Crippen LogP contribution in [0.5, 0.6) is 0 Å². The lowest BCUT2D eigenvalue weighted by molar-refractivity contribution is 0.112. The average Bonchev–Trinajstić information content (AvgIpc) is 2.05. The van der Waals surface area contributed by atoms with E-state index < -0.39 is 0 Å². The molecule has 12 heavy (non-hydrogen) atoms. The van der Waals surface area contributed by atoms with Crippen molar-refractivity contribution in [3.63, 3.8) is 0 Å². The Kier molecular flexibility index (Phi) is 2.47. The third-order valence-corrected chi connectivity index (χ3v) is 1.24. The minimum atomic E-state index is 0.306. The van der Waals surface area contributed by atoms with Crippen molar-refractivity contribution < 1.29 is 4.79 Å². The van der Waals surface area contributed by atoms with Crippen LogP contribution < -0.4 is 5.73 Å². The van der Waals surface area contributed by atoms with Gasteiger partial charge in [0.05, 0.1) is 11.9 Å². The summed E-state index contributed by atoms with van der Waals surface area (Å²) in [6.07, 6.45) is 3.15. The van der Waals surface area contributed by atoms with Crippen molar-refractivity contribution in [3.8, 4) is 0 Å². The van der Waals surface area contributed by atoms with Crippen molar-refractivity contribution in [2.75, 3.05) is 0 Å². The highest BCUT2D eigenvalue weighted by molar-refractivity contribution is 5.81. The SMILES string of the molecule is Cc1ncc(C=O)c(N=CN)n1. The summed E-state index contributed by atoms with van der Waals surface area (Å²) >= 11 is 0. The molecule has 0 aliphatic carbocycles. The molecule has 1 aromatic heterocycles. The van der Waals surface area contributed by atoms with Crippen LogP contribution in [0.3, 0.4) is 0 Å². The summed E-state index contributed by atoms with van der Waals surface area (Å²) in [4.78, 5) is 21.9. The monoisotopic (exact) mass is 164 g/mol. The molecule has 5 nitrogen and oxygen atoms in total. The van der Waals surface area contributed by atoms with Crippen LogP contribution in [0, 0.1) is 6.92 Å². The zero-order valence-corrected chi connectivity index (χ0v) is 6.56. The second kappa shape index (κ2) is 3.56. The molecule has 0 saturated carbocycles. The zero-order chi connectivity index (χ0) is 8.97. The van der Waals surface area contributed by atoms with E-state index in [-0.39, 0.29) is 0 Å². The molecule has 0 unspecified atom stereocenters. The predicted octanol–water partition coefficient (Wildman–Crippen LogP) is 0.216. The van der Waals surface area contributed by atoms with Gasteiger partial charge in [0.15, 0.2) is 12.1 Å². The Morgan fingerprint density at radius 2 is 2.42 bits per heavy atom. The van der Waals surface area contributed by atoms with Crippen LogP contribution in [0.25, 0.3) is 0 Å². The van der Waals surface area contributed by atoms with Gasteiger partial charge in [0, 0.05) is 6.20 Å². The van der Waals surface area contributed by atoms with Crippen LogP contribution in [0.2, 0.25) is 0 Å². The Hall–Kier alpha value is -1.78. The van der Waals surface area contributed by atoms with Gasteiger partial charge in [0.25, 0.3) is 0 Å². The fourth-order valence-corrected chi connectivity index (χ4v) is 0.725. The number of aromatic nitrogens is 2. The van der Waals surface area contributed by atoms with E-state index in [1.54, 1.807) is 6.92 Å². The summed E-state index contributed by atoms with van der Waals surface area (Å²) < 4.78 is 0. The number of carbonyl (C=O) groups is 1. The minimum Gasteiger partial charge on any atom is -0.390 e. The van der Waals surface area contributed by atoms with E-state index in [4.69, 9.17) is 5.73 Å². The first-order valence-electron chi connectivity index (χ1n) is 3.31. The van der Waals surface area contributed by atoms with Gasteiger partial charge < -0.3 is 5.73 Å². The molecule has 0 saturated heterocycles. The van der Waals surface area contributed by atoms with Crippen LogP contribution in [-0.2, 0) is 0 Å². The van der Waals surface area contributed by atoms with Gasteiger partial charge in [0.1, 0.15) is 5.82 Å². The molecule has 5 heteroatoms. The highest BCUT2D eigenvalue weighted by atomic mass is 16.1. The average molecular weight is 164 g/mol. The zero-order valence-electron chi connectivity index (χ0n) is 6.56. The molecule has 0 radical (unpaired) electrons. The molecular weight excluding hydrogens is 156 g/mol. The maximum atomic E-state index is 10.4. The number of rotatable bonds is 2. The number of aryl methyl sites for hydroxylation is 1. The lowest BCUT2D eigenvalue weighted by atomic mass is 10.3. The first-order valence-corrected chi connectivity index (χ1v) is 3.31. The van der Waals surface area contributed by atoms with E-state index in [9.17, 15) is 4.79 Å². The largest absolute Gasteiger partial charge is 0.390 e. The molecule has 62 valence electrons. The normalized spacial score (nSPS) is 10.4. The van der Waals surface area contributed by atoms with Crippen molar-refractivity contribution in [1.29, 1.82) is 0 Å². The Balaban J connectivity index is 3.20. The van der Waals surface area contributed by atoms with Gasteiger partial charge in [0.2, 0.25) is 0 Å². The van der Waals surface area contributed by atoms with Crippen LogP contribution >= 0.6 is 0 Å². The summed E-state index contributed by atoms with van der Waals surface area (Å²) in [5.74, 6) is 0.862. The highest BCUT2D eigenvalue weighted by Gasteiger charge is 2.01. The molecule has 0 aromatic carbocycles. The maximum absolute atomic E-state index is 10.4. The van der Waals surface area contributed by atoms with E-state index in [0.29, 0.717) is 23.5 Å². The Labute approximate surface area is 69.4 Å². The quantitative estimate of drug-likeness (QED) is 0.385. The van der Waals surface area contributed by atoms with Gasteiger partial charge in [-0.15, -0.1) is 0 Å². The van der Waals surface area contributed by atoms with Crippen molar-refractivity contribution in [1.82, 2.24) is 9.97 Å². The Morgan fingerprint density at radius 3 is 3.00 bits per heavy atom. The Bertz CT molecular complexity index is 321. The summed E-state index contributed by atoms with van der Waals surface area (Å²) in [7, 11) is 0. The van der Waals surface area contributed by atoms with E-state index in [1.807, 2.05) is 0 Å². The van der Waals surface area contributed by atoms with Crippen molar-refractivity contribution >= 4 is 18.4 Å². The summed E-state index contributed by atoms with van der Waals surface area (Å²) in [6, 6.07) is 0. The standard InChI is InChI=1S/C7H8N4O/c1-5-9-2-6(3-12)7(11-5)10-4-8/h2-4H,1H3,(H2,8,9,10,11). The summed E-state index contributed by atoms with van der Waals surface area (Å²) in [6.45, 7) is 1.71. The smallest absolute Gasteiger partial charge is 0.167 e. The van der Waals surface area contributed by atoms with E-state index in [0.717, 1.165) is 6.34 Å². The first-order chi connectivity index (χ1) is 5.77. The number of hydrogen-bond acceptors (Lipinski definition) is 4. The molecule has 0 spiro atoms. The first kappa shape index (κ1) is 8.32. The van der Waals surface area contributed by atoms with Gasteiger partial charge >= 0.3 is 0 Å². The van der Waals surface area contributed by atoms with Crippen LogP contribution in [0.4, 0.5) is 5.82 Å². The highest BCUT2D eigenvalue weighted by Crippen LogP contribution is 2.11. The third kappa shape index (κ3) is 1.63. The molecule has 2 N–H and O–H groups in total. The van der Waals surface area contributed by atoms with Gasteiger partial charge in [-0.2, -0.15) is 0 Å². The maximum Gasteiger partial charge on any atom is 0.167 e. The molecule has 0 aliphatic rings. The van der Waals surface area contributed by atoms with Gasteiger partial charge in [-0.05, 0) is 6.92 Å². The van der Waals surface area contributed by atoms with Gasteiger partial charge in [-0.1, -0.05) is 0 Å². The van der Waals surface area contributed by atoms with E-state index in [2.05, 4.69) is 15.0 Å². The number of nitrogens with zero attached hydrogens (tertiary/aromatic N) is 3. The number of hydrogen-bond donors (Lipinski definition) is 1. The summed E-state index contributed by atoms with van der Waals surface area (Å²) in [5.41, 5.74) is 5.40. The molecular formula is C7H8N4O. The van der Waals surface area contributed by atoms with Crippen molar-refractivity contribution in [2.24, 2.45) is 10.7 Å². The fraction of sp³-hybridized carbons (Fsp3) is 0.143. The number of aliphatic imine (C=N–C) groups is 1. The molecule has 0 fully saturated rings. The van der Waals surface area contributed by atoms with E-state index >= 15 is 0 Å². The number of nitrogens with two attached hydrogens (primary N) is 1. The van der Waals surface area contributed by atoms with Crippen LogP contribution in [-0.4, -0.2) is 22.6 Å². The number of carbonyl (C=O) groups excluding carboxylic acids is 1. The van der Waals surface area contributed by atoms with Gasteiger partial charge in [-0.3, -0.25) is 4.79 Å². The van der Waals surface area contributed by atoms with Crippen LogP contribution in [0.15, 0.2) is 11.2 Å². The van der Waals surface area contributed by atoms with Crippen molar-refractivity contribution in [2.45, 2.75) is 6.92 Å². The molecule has 0 aliphatic heterocycles. The van der Waals surface area contributed by atoms with Crippen molar-refractivity contribution in [3.05, 3.63) is 17.6 Å². The molecule has 1 aromatic rings. The lowest BCUT2D eigenvalue weighted by Crippen LogP contribution is -1.94. The lowest BCUT2D eigenvalue weighted by Gasteiger charge is -1.96. The Morgan fingerprint density at radius 1 is 1.67 bits per heavy atom. The molecule has 1 rings (SSSR count). The molecule has 0 atom stereocenters. The second-order valence-electron chi connectivity index (χ2n) is 2.09. The molecule has 0 amide bonds. The molecule has 0 bridgehead atoms. The third-order valence-electron chi connectivity index (χ3n) is 1.24. The molecule has 1 heterocycles. The van der Waals surface area contributed by atoms with Gasteiger partial charge in [-0.25, -0.2) is 15.0 Å². The predicted molar refractivity (Wildman–Crippen MR) is 44.5 cm³/mol.